The van der Waals surface area contributed by atoms with E-state index in [-0.39, 0.29) is 5.92 Å². The lowest BCUT2D eigenvalue weighted by Gasteiger charge is -2.27. The normalized spacial score (nSPS) is 15.2. The Hall–Kier alpha value is -3.18. The molecule has 0 amide bonds. The Morgan fingerprint density at radius 2 is 1.77 bits per heavy atom. The van der Waals surface area contributed by atoms with Crippen LogP contribution in [0.15, 0.2) is 65.7 Å². The number of methoxy groups -OCH3 is 2. The minimum Gasteiger partial charge on any atom is -0.493 e. The number of benzene rings is 3. The first-order valence-corrected chi connectivity index (χ1v) is 10.1. The van der Waals surface area contributed by atoms with Gasteiger partial charge in [-0.3, -0.25) is 4.99 Å². The Morgan fingerprint density at radius 1 is 1.03 bits per heavy atom. The highest BCUT2D eigenvalue weighted by Crippen LogP contribution is 2.38. The topological polar surface area (TPSA) is 68.9 Å². The lowest BCUT2D eigenvalue weighted by Crippen LogP contribution is -2.25. The summed E-state index contributed by atoms with van der Waals surface area (Å²) in [5, 5.41) is 4.08. The van der Waals surface area contributed by atoms with Crippen LogP contribution < -0.4 is 20.5 Å². The highest BCUT2D eigenvalue weighted by atomic mass is 35.5. The molecule has 1 heterocycles. The predicted octanol–water partition coefficient (Wildman–Crippen LogP) is 5.14. The van der Waals surface area contributed by atoms with Gasteiger partial charge >= 0.3 is 0 Å². The third-order valence-electron chi connectivity index (χ3n) is 5.27. The first-order valence-electron chi connectivity index (χ1n) is 9.75. The molecule has 6 heteroatoms. The fourth-order valence-corrected chi connectivity index (χ4v) is 3.94. The quantitative estimate of drug-likeness (QED) is 0.560. The molecule has 0 saturated carbocycles. The molecule has 0 spiro atoms. The Kier molecular flexibility index (Phi) is 5.81. The third-order valence-corrected chi connectivity index (χ3v) is 5.50. The molecule has 30 heavy (non-hydrogen) atoms. The number of ether oxygens (including phenoxy) is 2. The van der Waals surface area contributed by atoms with Gasteiger partial charge in [-0.2, -0.15) is 0 Å². The number of aliphatic imine (C=N–C) groups is 1. The zero-order valence-electron chi connectivity index (χ0n) is 17.0. The molecular formula is C24H24ClN3O2. The van der Waals surface area contributed by atoms with Crippen molar-refractivity contribution in [2.75, 3.05) is 31.8 Å². The van der Waals surface area contributed by atoms with E-state index in [1.54, 1.807) is 14.2 Å². The van der Waals surface area contributed by atoms with Crippen LogP contribution in [-0.4, -0.2) is 26.6 Å². The van der Waals surface area contributed by atoms with Crippen LogP contribution in [0.4, 0.5) is 11.4 Å². The summed E-state index contributed by atoms with van der Waals surface area (Å²) in [6.07, 6.45) is 0.858. The Bertz CT molecular complexity index is 1080. The Labute approximate surface area is 181 Å². The number of halogens is 1. The number of amidine groups is 1. The van der Waals surface area contributed by atoms with E-state index in [2.05, 4.69) is 23.5 Å². The molecule has 1 atom stereocenters. The monoisotopic (exact) mass is 421 g/mol. The summed E-state index contributed by atoms with van der Waals surface area (Å²) in [4.78, 5) is 4.86. The molecule has 0 fully saturated rings. The number of nitrogens with one attached hydrogen (secondary N) is 1. The van der Waals surface area contributed by atoms with Crippen LogP contribution in [0, 0.1) is 0 Å². The molecule has 0 bridgehead atoms. The van der Waals surface area contributed by atoms with Gasteiger partial charge in [0.15, 0.2) is 11.5 Å². The van der Waals surface area contributed by atoms with E-state index in [1.165, 1.54) is 11.1 Å². The number of nitrogen functional groups attached to an aromatic ring is 1. The minimum atomic E-state index is 0.216. The van der Waals surface area contributed by atoms with Gasteiger partial charge in [0.1, 0.15) is 5.84 Å². The maximum absolute atomic E-state index is 6.15. The molecule has 3 N–H and O–H groups in total. The number of rotatable bonds is 5. The van der Waals surface area contributed by atoms with E-state index >= 15 is 0 Å². The summed E-state index contributed by atoms with van der Waals surface area (Å²) in [5.41, 5.74) is 10.9. The van der Waals surface area contributed by atoms with Crippen molar-refractivity contribution in [3.05, 3.63) is 82.4 Å². The highest BCUT2D eigenvalue weighted by Gasteiger charge is 2.26. The van der Waals surface area contributed by atoms with E-state index in [9.17, 15) is 0 Å². The predicted molar refractivity (Wildman–Crippen MR) is 123 cm³/mol. The van der Waals surface area contributed by atoms with Gasteiger partial charge in [0.2, 0.25) is 0 Å². The zero-order valence-corrected chi connectivity index (χ0v) is 17.7. The van der Waals surface area contributed by atoms with E-state index in [0.717, 1.165) is 29.2 Å². The standard InChI is InChI=1S/C24H24ClN3O2/c1-29-22-12-20-16(10-15-6-8-18(26)9-7-15)14-27-24(21(20)13-23(22)30-2)28-19-5-3-4-17(25)11-19/h3-9,11-13,16H,10,14,26H2,1-2H3,(H,27,28). The van der Waals surface area contributed by atoms with Crippen LogP contribution in [-0.2, 0) is 6.42 Å². The summed E-state index contributed by atoms with van der Waals surface area (Å²) in [7, 11) is 3.29. The maximum Gasteiger partial charge on any atom is 0.161 e. The summed E-state index contributed by atoms with van der Waals surface area (Å²) in [6.45, 7) is 0.662. The molecule has 0 saturated heterocycles. The molecule has 3 aromatic carbocycles. The number of hydrogen-bond acceptors (Lipinski definition) is 5. The van der Waals surface area contributed by atoms with E-state index in [0.29, 0.717) is 23.1 Å². The summed E-state index contributed by atoms with van der Waals surface area (Å²) < 4.78 is 11.1. The molecule has 154 valence electrons. The van der Waals surface area contributed by atoms with E-state index in [1.807, 2.05) is 42.5 Å². The van der Waals surface area contributed by atoms with Gasteiger partial charge in [-0.1, -0.05) is 29.8 Å². The summed E-state index contributed by atoms with van der Waals surface area (Å²) >= 11 is 6.15. The molecule has 0 aromatic heterocycles. The van der Waals surface area contributed by atoms with Crippen molar-refractivity contribution in [1.29, 1.82) is 0 Å². The van der Waals surface area contributed by atoms with Gasteiger partial charge in [0, 0.05) is 34.4 Å². The van der Waals surface area contributed by atoms with Crippen molar-refractivity contribution < 1.29 is 9.47 Å². The second-order valence-electron chi connectivity index (χ2n) is 7.26. The van der Waals surface area contributed by atoms with Crippen molar-refractivity contribution in [3.8, 4) is 11.5 Å². The van der Waals surface area contributed by atoms with E-state index in [4.69, 9.17) is 31.8 Å². The molecule has 0 radical (unpaired) electrons. The lowest BCUT2D eigenvalue weighted by molar-refractivity contribution is 0.354. The second kappa shape index (κ2) is 8.67. The van der Waals surface area contributed by atoms with Crippen molar-refractivity contribution >= 4 is 28.8 Å². The third kappa shape index (κ3) is 4.21. The number of hydrogen-bond donors (Lipinski definition) is 2. The van der Waals surface area contributed by atoms with Gasteiger partial charge in [-0.25, -0.2) is 0 Å². The maximum atomic E-state index is 6.15. The fraction of sp³-hybridized carbons (Fsp3) is 0.208. The largest absolute Gasteiger partial charge is 0.493 e. The molecule has 5 nitrogen and oxygen atoms in total. The SMILES string of the molecule is COc1cc2c(cc1OC)C(Cc1ccc(N)cc1)CN=C2Nc1cccc(Cl)c1. The van der Waals surface area contributed by atoms with Gasteiger partial charge in [-0.15, -0.1) is 0 Å². The number of fused-ring (bicyclic) bond motifs is 1. The van der Waals surface area contributed by atoms with Gasteiger partial charge in [0.25, 0.3) is 0 Å². The zero-order chi connectivity index (χ0) is 21.1. The number of nitrogens with two attached hydrogens (primary N) is 1. The molecule has 0 aliphatic carbocycles. The van der Waals surface area contributed by atoms with Crippen molar-refractivity contribution in [1.82, 2.24) is 0 Å². The first kappa shape index (κ1) is 20.1. The average molecular weight is 422 g/mol. The minimum absolute atomic E-state index is 0.216. The van der Waals surface area contributed by atoms with Crippen molar-refractivity contribution in [2.24, 2.45) is 4.99 Å². The smallest absolute Gasteiger partial charge is 0.161 e. The van der Waals surface area contributed by atoms with Crippen LogP contribution in [0.2, 0.25) is 5.02 Å². The fourth-order valence-electron chi connectivity index (χ4n) is 3.75. The Balaban J connectivity index is 1.72. The first-order chi connectivity index (χ1) is 14.6. The number of nitrogens with zero attached hydrogens (tertiary/aromatic N) is 1. The van der Waals surface area contributed by atoms with Crippen LogP contribution in [0.5, 0.6) is 11.5 Å². The van der Waals surface area contributed by atoms with Gasteiger partial charge in [0.05, 0.1) is 14.2 Å². The van der Waals surface area contributed by atoms with Crippen LogP contribution in [0.3, 0.4) is 0 Å². The molecular weight excluding hydrogens is 398 g/mol. The Morgan fingerprint density at radius 3 is 2.47 bits per heavy atom. The summed E-state index contributed by atoms with van der Waals surface area (Å²) in [5.74, 6) is 2.39. The van der Waals surface area contributed by atoms with Crippen molar-refractivity contribution in [3.63, 3.8) is 0 Å². The summed E-state index contributed by atoms with van der Waals surface area (Å²) in [6, 6.07) is 19.7. The highest BCUT2D eigenvalue weighted by molar-refractivity contribution is 6.31. The van der Waals surface area contributed by atoms with Crippen LogP contribution in [0.1, 0.15) is 22.6 Å². The van der Waals surface area contributed by atoms with Crippen LogP contribution in [0.25, 0.3) is 0 Å². The molecule has 4 rings (SSSR count). The molecule has 3 aromatic rings. The molecule has 1 aliphatic rings. The molecule has 1 aliphatic heterocycles. The average Bonchev–Trinajstić information content (AvgIpc) is 2.76. The van der Waals surface area contributed by atoms with Gasteiger partial charge in [-0.05, 0) is 60.0 Å². The van der Waals surface area contributed by atoms with E-state index < -0.39 is 0 Å². The second-order valence-corrected chi connectivity index (χ2v) is 7.70. The number of anilines is 2. The lowest BCUT2D eigenvalue weighted by atomic mass is 9.86. The van der Waals surface area contributed by atoms with Crippen molar-refractivity contribution in [2.45, 2.75) is 12.3 Å². The molecule has 1 unspecified atom stereocenters. The van der Waals surface area contributed by atoms with Gasteiger partial charge < -0.3 is 20.5 Å². The van der Waals surface area contributed by atoms with Crippen LogP contribution >= 0.6 is 11.6 Å².